The number of ether oxygens (including phenoxy) is 4. The molecule has 0 aromatic heterocycles. The van der Waals surface area contributed by atoms with Crippen LogP contribution in [0.25, 0.3) is 0 Å². The molecule has 0 aliphatic carbocycles. The van der Waals surface area contributed by atoms with Crippen LogP contribution in [0.1, 0.15) is 30.1 Å². The summed E-state index contributed by atoms with van der Waals surface area (Å²) in [6.07, 6.45) is 1.87. The van der Waals surface area contributed by atoms with Gasteiger partial charge in [0.15, 0.2) is 19.0 Å². The SMILES string of the molecule is COc1cccc(OCC(=O)c2ccc3c(c2)N([C@H](C)C(=O)NC[C@@H]2CCCO2)C(=O)CO3)c1. The second-order valence-electron chi connectivity index (χ2n) is 8.18. The fraction of sp³-hybridized carbons (Fsp3) is 0.400. The van der Waals surface area contributed by atoms with E-state index in [-0.39, 0.29) is 36.9 Å². The molecule has 2 atom stereocenters. The third kappa shape index (κ3) is 5.31. The fourth-order valence-corrected chi connectivity index (χ4v) is 3.98. The lowest BCUT2D eigenvalue weighted by Crippen LogP contribution is -2.52. The van der Waals surface area contributed by atoms with Crippen LogP contribution in [0.5, 0.6) is 17.2 Å². The van der Waals surface area contributed by atoms with Gasteiger partial charge in [-0.25, -0.2) is 0 Å². The molecule has 1 N–H and O–H groups in total. The number of Topliss-reactive ketones (excluding diaryl/α,β-unsaturated/α-hetero) is 1. The van der Waals surface area contributed by atoms with E-state index in [9.17, 15) is 14.4 Å². The minimum absolute atomic E-state index is 0.00219. The average Bonchev–Trinajstić information content (AvgIpc) is 3.39. The summed E-state index contributed by atoms with van der Waals surface area (Å²) in [5.74, 6) is 0.626. The number of hydrogen-bond acceptors (Lipinski definition) is 7. The maximum atomic E-state index is 12.8. The standard InChI is InChI=1S/C25H28N2O7/c1-16(25(30)26-13-20-7-4-10-32-20)27-21-11-17(8-9-23(21)34-15-24(27)29)22(28)14-33-19-6-3-5-18(12-19)31-2/h3,5-6,8-9,11-12,16,20H,4,7,10,13-15H2,1-2H3,(H,26,30)/t16-,20+/m1/s1. The van der Waals surface area contributed by atoms with E-state index >= 15 is 0 Å². The molecule has 34 heavy (non-hydrogen) atoms. The molecule has 4 rings (SSSR count). The lowest BCUT2D eigenvalue weighted by molar-refractivity contribution is -0.127. The number of carbonyl (C=O) groups is 3. The van der Waals surface area contributed by atoms with Gasteiger partial charge in [-0.1, -0.05) is 6.07 Å². The number of benzene rings is 2. The highest BCUT2D eigenvalue weighted by Crippen LogP contribution is 2.34. The summed E-state index contributed by atoms with van der Waals surface area (Å²) in [5.41, 5.74) is 0.722. The molecule has 0 spiro atoms. The zero-order chi connectivity index (χ0) is 24.1. The number of hydrogen-bond donors (Lipinski definition) is 1. The molecule has 0 saturated carbocycles. The molecule has 0 radical (unpaired) electrons. The van der Waals surface area contributed by atoms with Crippen molar-refractivity contribution in [1.29, 1.82) is 0 Å². The van der Waals surface area contributed by atoms with Crippen molar-refractivity contribution in [1.82, 2.24) is 5.32 Å². The summed E-state index contributed by atoms with van der Waals surface area (Å²) in [5, 5.41) is 2.86. The molecule has 0 bridgehead atoms. The van der Waals surface area contributed by atoms with Crippen LogP contribution in [0.3, 0.4) is 0 Å². The Morgan fingerprint density at radius 2 is 2.03 bits per heavy atom. The number of fused-ring (bicyclic) bond motifs is 1. The number of amides is 2. The maximum absolute atomic E-state index is 12.8. The van der Waals surface area contributed by atoms with Gasteiger partial charge in [0.25, 0.3) is 5.91 Å². The van der Waals surface area contributed by atoms with Crippen LogP contribution < -0.4 is 24.4 Å². The topological polar surface area (TPSA) is 103 Å². The van der Waals surface area contributed by atoms with Crippen molar-refractivity contribution in [2.45, 2.75) is 31.9 Å². The van der Waals surface area contributed by atoms with E-state index in [0.29, 0.717) is 41.7 Å². The Balaban J connectivity index is 1.46. The Bertz CT molecular complexity index is 1060. The second-order valence-corrected chi connectivity index (χ2v) is 8.18. The van der Waals surface area contributed by atoms with Crippen LogP contribution in [0.4, 0.5) is 5.69 Å². The number of carbonyl (C=O) groups excluding carboxylic acids is 3. The van der Waals surface area contributed by atoms with E-state index in [0.717, 1.165) is 12.8 Å². The number of methoxy groups -OCH3 is 1. The van der Waals surface area contributed by atoms with Crippen molar-refractivity contribution >= 4 is 23.3 Å². The molecule has 1 saturated heterocycles. The average molecular weight is 469 g/mol. The van der Waals surface area contributed by atoms with Crippen LogP contribution in [0.15, 0.2) is 42.5 Å². The predicted octanol–water partition coefficient (Wildman–Crippen LogP) is 2.37. The van der Waals surface area contributed by atoms with Gasteiger partial charge in [0, 0.05) is 24.8 Å². The quantitative estimate of drug-likeness (QED) is 0.564. The highest BCUT2D eigenvalue weighted by Gasteiger charge is 2.34. The van der Waals surface area contributed by atoms with Crippen LogP contribution in [-0.2, 0) is 14.3 Å². The van der Waals surface area contributed by atoms with Gasteiger partial charge >= 0.3 is 0 Å². The van der Waals surface area contributed by atoms with Crippen molar-refractivity contribution in [3.8, 4) is 17.2 Å². The molecule has 9 heteroatoms. The van der Waals surface area contributed by atoms with Gasteiger partial charge in [0.1, 0.15) is 23.3 Å². The van der Waals surface area contributed by atoms with Gasteiger partial charge in [0.2, 0.25) is 5.91 Å². The molecular formula is C25H28N2O7. The fourth-order valence-electron chi connectivity index (χ4n) is 3.98. The van der Waals surface area contributed by atoms with Crippen LogP contribution in [0, 0.1) is 0 Å². The van der Waals surface area contributed by atoms with Crippen molar-refractivity contribution in [2.75, 3.05) is 38.4 Å². The van der Waals surface area contributed by atoms with Crippen LogP contribution in [0.2, 0.25) is 0 Å². The van der Waals surface area contributed by atoms with E-state index in [1.807, 2.05) is 0 Å². The smallest absolute Gasteiger partial charge is 0.265 e. The largest absolute Gasteiger partial charge is 0.497 e. The Morgan fingerprint density at radius 3 is 2.79 bits per heavy atom. The molecule has 0 unspecified atom stereocenters. The zero-order valence-corrected chi connectivity index (χ0v) is 19.2. The minimum Gasteiger partial charge on any atom is -0.497 e. The molecule has 2 amide bonds. The van der Waals surface area contributed by atoms with Crippen molar-refractivity contribution in [2.24, 2.45) is 0 Å². The lowest BCUT2D eigenvalue weighted by atomic mass is 10.1. The Kier molecular flexibility index (Phi) is 7.32. The Hall–Kier alpha value is -3.59. The van der Waals surface area contributed by atoms with Gasteiger partial charge in [-0.15, -0.1) is 0 Å². The van der Waals surface area contributed by atoms with Crippen molar-refractivity contribution < 1.29 is 33.3 Å². The summed E-state index contributed by atoms with van der Waals surface area (Å²) in [6, 6.07) is 11.0. The molecule has 180 valence electrons. The molecule has 2 aliphatic heterocycles. The number of nitrogens with zero attached hydrogens (tertiary/aromatic N) is 1. The lowest BCUT2D eigenvalue weighted by Gasteiger charge is -2.33. The highest BCUT2D eigenvalue weighted by molar-refractivity contribution is 6.05. The first-order valence-corrected chi connectivity index (χ1v) is 11.2. The van der Waals surface area contributed by atoms with Crippen LogP contribution >= 0.6 is 0 Å². The highest BCUT2D eigenvalue weighted by atomic mass is 16.5. The molecule has 1 fully saturated rings. The number of anilines is 1. The molecule has 9 nitrogen and oxygen atoms in total. The zero-order valence-electron chi connectivity index (χ0n) is 19.2. The van der Waals surface area contributed by atoms with Crippen molar-refractivity contribution in [3.63, 3.8) is 0 Å². The third-order valence-corrected chi connectivity index (χ3v) is 5.87. The summed E-state index contributed by atoms with van der Waals surface area (Å²) < 4.78 is 21.8. The van der Waals surface area contributed by atoms with E-state index in [2.05, 4.69) is 5.32 Å². The predicted molar refractivity (Wildman–Crippen MR) is 124 cm³/mol. The van der Waals surface area contributed by atoms with Gasteiger partial charge < -0.3 is 24.3 Å². The van der Waals surface area contributed by atoms with Crippen molar-refractivity contribution in [3.05, 3.63) is 48.0 Å². The molecule has 2 heterocycles. The molecule has 2 aromatic rings. The van der Waals surface area contributed by atoms with Gasteiger partial charge in [-0.05, 0) is 50.1 Å². The first kappa shape index (κ1) is 23.6. The van der Waals surface area contributed by atoms with E-state index in [1.165, 1.54) is 4.90 Å². The Morgan fingerprint density at radius 1 is 1.21 bits per heavy atom. The number of rotatable bonds is 9. The summed E-state index contributed by atoms with van der Waals surface area (Å²) in [7, 11) is 1.55. The summed E-state index contributed by atoms with van der Waals surface area (Å²) in [6.45, 7) is 2.37. The third-order valence-electron chi connectivity index (χ3n) is 5.87. The summed E-state index contributed by atoms with van der Waals surface area (Å²) >= 11 is 0. The van der Waals surface area contributed by atoms with Gasteiger partial charge in [-0.3, -0.25) is 19.3 Å². The van der Waals surface area contributed by atoms with E-state index in [4.69, 9.17) is 18.9 Å². The minimum atomic E-state index is -0.782. The molecule has 2 aromatic carbocycles. The first-order chi connectivity index (χ1) is 16.5. The second kappa shape index (κ2) is 10.6. The molecular weight excluding hydrogens is 440 g/mol. The van der Waals surface area contributed by atoms with Gasteiger partial charge in [0.05, 0.1) is 18.9 Å². The van der Waals surface area contributed by atoms with E-state index < -0.39 is 6.04 Å². The number of nitrogens with one attached hydrogen (secondary N) is 1. The van der Waals surface area contributed by atoms with E-state index in [1.54, 1.807) is 56.5 Å². The maximum Gasteiger partial charge on any atom is 0.265 e. The molecule has 2 aliphatic rings. The van der Waals surface area contributed by atoms with Gasteiger partial charge in [-0.2, -0.15) is 0 Å². The number of ketones is 1. The monoisotopic (exact) mass is 468 g/mol. The Labute approximate surface area is 197 Å². The summed E-state index contributed by atoms with van der Waals surface area (Å²) in [4.78, 5) is 39.7. The normalized spacial score (nSPS) is 18.0. The first-order valence-electron chi connectivity index (χ1n) is 11.2. The van der Waals surface area contributed by atoms with Crippen LogP contribution in [-0.4, -0.2) is 63.2 Å².